The number of benzene rings is 2. The Labute approximate surface area is 152 Å². The average Bonchev–Trinajstić information content (AvgIpc) is 2.97. The quantitative estimate of drug-likeness (QED) is 0.563. The van der Waals surface area contributed by atoms with Crippen LogP contribution < -0.4 is 10.2 Å². The lowest BCUT2D eigenvalue weighted by atomic mass is 10.2. The topological polar surface area (TPSA) is 55.6 Å². The van der Waals surface area contributed by atoms with Crippen molar-refractivity contribution < 1.29 is 9.53 Å². The van der Waals surface area contributed by atoms with E-state index in [1.807, 2.05) is 74.5 Å². The number of hydrazone groups is 1. The Morgan fingerprint density at radius 1 is 1.08 bits per heavy atom. The number of carbonyl (C=O) groups excluding carboxylic acids is 1. The predicted octanol–water partition coefficient (Wildman–Crippen LogP) is 3.87. The van der Waals surface area contributed by atoms with Gasteiger partial charge in [-0.2, -0.15) is 5.10 Å². The number of rotatable bonds is 5. The molecular weight excluding hydrogens is 326 g/mol. The van der Waals surface area contributed by atoms with Crippen LogP contribution in [0.1, 0.15) is 27.3 Å². The highest BCUT2D eigenvalue weighted by Gasteiger charge is 2.16. The second kappa shape index (κ2) is 7.70. The summed E-state index contributed by atoms with van der Waals surface area (Å²) in [5.74, 6) is 0.506. The highest BCUT2D eigenvalue weighted by atomic mass is 16.5. The van der Waals surface area contributed by atoms with Crippen molar-refractivity contribution in [2.45, 2.75) is 13.8 Å². The average molecular weight is 347 g/mol. The SMILES string of the molecule is COc1cccc(/C=N\NC(=O)c2cc(C)n(-c3ccccc3)c2C)c1. The third-order valence-electron chi connectivity index (χ3n) is 4.16. The van der Waals surface area contributed by atoms with Crippen LogP contribution in [-0.4, -0.2) is 23.8 Å². The number of amides is 1. The van der Waals surface area contributed by atoms with E-state index in [9.17, 15) is 4.79 Å². The molecule has 2 aromatic carbocycles. The number of aryl methyl sites for hydroxylation is 1. The summed E-state index contributed by atoms with van der Waals surface area (Å²) in [5.41, 5.74) is 6.95. The summed E-state index contributed by atoms with van der Waals surface area (Å²) in [5, 5.41) is 4.06. The van der Waals surface area contributed by atoms with Crippen molar-refractivity contribution >= 4 is 12.1 Å². The van der Waals surface area contributed by atoms with Gasteiger partial charge >= 0.3 is 0 Å². The largest absolute Gasteiger partial charge is 0.497 e. The zero-order valence-corrected chi connectivity index (χ0v) is 15.1. The minimum absolute atomic E-state index is 0.237. The molecule has 5 nitrogen and oxygen atoms in total. The number of methoxy groups -OCH3 is 1. The van der Waals surface area contributed by atoms with E-state index in [4.69, 9.17) is 4.74 Å². The number of carbonyl (C=O) groups is 1. The van der Waals surface area contributed by atoms with Gasteiger partial charge in [0.15, 0.2) is 0 Å². The van der Waals surface area contributed by atoms with Gasteiger partial charge in [-0.25, -0.2) is 5.43 Å². The Bertz CT molecular complexity index is 943. The van der Waals surface area contributed by atoms with Gasteiger partial charge in [-0.3, -0.25) is 4.79 Å². The van der Waals surface area contributed by atoms with E-state index in [2.05, 4.69) is 15.1 Å². The molecule has 0 aliphatic rings. The van der Waals surface area contributed by atoms with E-state index in [1.165, 1.54) is 0 Å². The molecule has 3 aromatic rings. The van der Waals surface area contributed by atoms with Crippen LogP contribution in [0.25, 0.3) is 5.69 Å². The molecule has 1 N–H and O–H groups in total. The van der Waals surface area contributed by atoms with Gasteiger partial charge in [-0.1, -0.05) is 30.3 Å². The van der Waals surface area contributed by atoms with E-state index in [-0.39, 0.29) is 5.91 Å². The monoisotopic (exact) mass is 347 g/mol. The summed E-state index contributed by atoms with van der Waals surface area (Å²) >= 11 is 0. The van der Waals surface area contributed by atoms with Crippen LogP contribution in [0.3, 0.4) is 0 Å². The first-order valence-corrected chi connectivity index (χ1v) is 8.32. The van der Waals surface area contributed by atoms with E-state index in [0.29, 0.717) is 5.56 Å². The summed E-state index contributed by atoms with van der Waals surface area (Å²) in [7, 11) is 1.61. The van der Waals surface area contributed by atoms with E-state index in [1.54, 1.807) is 13.3 Å². The van der Waals surface area contributed by atoms with Gasteiger partial charge < -0.3 is 9.30 Å². The Morgan fingerprint density at radius 2 is 1.85 bits per heavy atom. The summed E-state index contributed by atoms with van der Waals surface area (Å²) in [6, 6.07) is 19.3. The molecule has 0 unspecified atom stereocenters. The van der Waals surface area contributed by atoms with Gasteiger partial charge in [0.25, 0.3) is 5.91 Å². The van der Waals surface area contributed by atoms with Gasteiger partial charge in [-0.15, -0.1) is 0 Å². The number of aromatic nitrogens is 1. The molecule has 0 fully saturated rings. The molecule has 0 radical (unpaired) electrons. The molecule has 0 bridgehead atoms. The standard InChI is InChI=1S/C21H21N3O2/c1-15-12-20(16(2)24(15)18-9-5-4-6-10-18)21(25)23-22-14-17-8-7-11-19(13-17)26-3/h4-14H,1-3H3,(H,23,25)/b22-14-. The fourth-order valence-corrected chi connectivity index (χ4v) is 2.91. The van der Waals surface area contributed by atoms with Crippen molar-refractivity contribution in [3.8, 4) is 11.4 Å². The van der Waals surface area contributed by atoms with Crippen LogP contribution in [-0.2, 0) is 0 Å². The number of hydrogen-bond acceptors (Lipinski definition) is 3. The van der Waals surface area contributed by atoms with E-state index < -0.39 is 0 Å². The molecule has 0 saturated heterocycles. The van der Waals surface area contributed by atoms with Crippen LogP contribution in [0.4, 0.5) is 0 Å². The van der Waals surface area contributed by atoms with Crippen LogP contribution in [0.2, 0.25) is 0 Å². The van der Waals surface area contributed by atoms with Gasteiger partial charge in [-0.05, 0) is 49.7 Å². The maximum Gasteiger partial charge on any atom is 0.273 e. The van der Waals surface area contributed by atoms with Gasteiger partial charge in [0.1, 0.15) is 5.75 Å². The number of nitrogens with one attached hydrogen (secondary N) is 1. The highest BCUT2D eigenvalue weighted by molar-refractivity contribution is 5.96. The van der Waals surface area contributed by atoms with Crippen molar-refractivity contribution in [3.63, 3.8) is 0 Å². The van der Waals surface area contributed by atoms with Crippen LogP contribution in [0.5, 0.6) is 5.75 Å². The summed E-state index contributed by atoms with van der Waals surface area (Å²) in [6.07, 6.45) is 1.59. The molecule has 1 heterocycles. The first-order valence-electron chi connectivity index (χ1n) is 8.32. The van der Waals surface area contributed by atoms with Crippen molar-refractivity contribution in [3.05, 3.63) is 83.2 Å². The number of nitrogens with zero attached hydrogens (tertiary/aromatic N) is 2. The molecule has 0 saturated carbocycles. The Balaban J connectivity index is 1.77. The predicted molar refractivity (Wildman–Crippen MR) is 103 cm³/mol. The van der Waals surface area contributed by atoms with Gasteiger partial charge in [0.05, 0.1) is 18.9 Å². The Hall–Kier alpha value is -3.34. The number of ether oxygens (including phenoxy) is 1. The Morgan fingerprint density at radius 3 is 2.58 bits per heavy atom. The zero-order valence-electron chi connectivity index (χ0n) is 15.1. The molecule has 0 aliphatic heterocycles. The molecule has 26 heavy (non-hydrogen) atoms. The minimum atomic E-state index is -0.237. The molecule has 132 valence electrons. The van der Waals surface area contributed by atoms with Crippen molar-refractivity contribution in [2.75, 3.05) is 7.11 Å². The molecule has 0 spiro atoms. The maximum absolute atomic E-state index is 12.5. The second-order valence-electron chi connectivity index (χ2n) is 5.93. The second-order valence-corrected chi connectivity index (χ2v) is 5.93. The number of hydrogen-bond donors (Lipinski definition) is 1. The van der Waals surface area contributed by atoms with Gasteiger partial charge in [0.2, 0.25) is 0 Å². The van der Waals surface area contributed by atoms with Crippen molar-refractivity contribution in [2.24, 2.45) is 5.10 Å². The van der Waals surface area contributed by atoms with Crippen molar-refractivity contribution in [1.82, 2.24) is 9.99 Å². The first kappa shape index (κ1) is 17.5. The summed E-state index contributed by atoms with van der Waals surface area (Å²) < 4.78 is 7.23. The third kappa shape index (κ3) is 3.67. The lowest BCUT2D eigenvalue weighted by Crippen LogP contribution is -2.18. The minimum Gasteiger partial charge on any atom is -0.497 e. The summed E-state index contributed by atoms with van der Waals surface area (Å²) in [6.45, 7) is 3.91. The lowest BCUT2D eigenvalue weighted by molar-refractivity contribution is 0.0954. The van der Waals surface area contributed by atoms with Crippen molar-refractivity contribution in [1.29, 1.82) is 0 Å². The summed E-state index contributed by atoms with van der Waals surface area (Å²) in [4.78, 5) is 12.5. The van der Waals surface area contributed by atoms with Crippen LogP contribution >= 0.6 is 0 Å². The van der Waals surface area contributed by atoms with E-state index >= 15 is 0 Å². The van der Waals surface area contributed by atoms with E-state index in [0.717, 1.165) is 28.4 Å². The molecule has 5 heteroatoms. The molecule has 1 aromatic heterocycles. The highest BCUT2D eigenvalue weighted by Crippen LogP contribution is 2.20. The molecule has 0 aliphatic carbocycles. The maximum atomic E-state index is 12.5. The zero-order chi connectivity index (χ0) is 18.5. The fourth-order valence-electron chi connectivity index (χ4n) is 2.91. The molecule has 1 amide bonds. The van der Waals surface area contributed by atoms with Crippen LogP contribution in [0.15, 0.2) is 65.8 Å². The van der Waals surface area contributed by atoms with Gasteiger partial charge in [0, 0.05) is 17.1 Å². The first-order chi connectivity index (χ1) is 12.6. The lowest BCUT2D eigenvalue weighted by Gasteiger charge is -2.09. The molecular formula is C21H21N3O2. The smallest absolute Gasteiger partial charge is 0.273 e. The normalized spacial score (nSPS) is 10.9. The third-order valence-corrected chi connectivity index (χ3v) is 4.16. The van der Waals surface area contributed by atoms with Crippen LogP contribution in [0, 0.1) is 13.8 Å². The Kier molecular flexibility index (Phi) is 5.17. The number of para-hydroxylation sites is 1. The fraction of sp³-hybridized carbons (Fsp3) is 0.143. The molecule has 3 rings (SSSR count). The molecule has 0 atom stereocenters.